The van der Waals surface area contributed by atoms with Gasteiger partial charge in [-0.05, 0) is 113 Å². The van der Waals surface area contributed by atoms with Crippen molar-refractivity contribution >= 4 is 11.9 Å². The molecule has 7 aliphatic heterocycles. The minimum Gasteiger partial charge on any atom is -0.481 e. The first-order chi connectivity index (χ1) is 49.8. The van der Waals surface area contributed by atoms with Gasteiger partial charge < -0.3 is 174 Å². The van der Waals surface area contributed by atoms with Crippen LogP contribution in [0.15, 0.2) is 11.6 Å². The molecule has 2 unspecified atom stereocenters. The lowest BCUT2D eigenvalue weighted by Gasteiger charge is -2.71. The molecule has 12 rings (SSSR count). The summed E-state index contributed by atoms with van der Waals surface area (Å²) in [5.74, 6) is -3.85. The lowest BCUT2D eigenvalue weighted by Crippen LogP contribution is -2.71. The van der Waals surface area contributed by atoms with E-state index in [0.29, 0.717) is 25.7 Å². The molecule has 0 aromatic heterocycles. The largest absolute Gasteiger partial charge is 0.481 e. The van der Waals surface area contributed by atoms with Gasteiger partial charge in [0.15, 0.2) is 43.8 Å². The standard InChI is InChI=1S/C69H110O37/c1-25-36(76)42(82)51(104-58-47(87)50(103-60-52(88)69(92,23-73)24-95-60)48(26(2)97-58)101-55-46(86)49(102-54-43(83)37(77)30(75)20-93-54)33(21-94-55)100-56-44(84)40(80)38(78)31(18-70)98-56)59(96-25)106-62(91)67-13-12-63(3,4)16-28(67)27-8-9-34-64(5)17-29(74)53(105-57-45(85)41(81)39(79)32(19-71)99-57)66(7,61(89)90)35(64)10-11-65(34,6)68(27,22-72)15-14-67/h8,25-26,28-60,70-88,92H,9-24H2,1-7H3,(H,89,90)/t25-,26+,28?,29-,30-,31+,32+,33+,34?,35+,36+,37-,38-,39+,40-,41-,42+,43+,44+,45+,46+,47-,48+,49-,50+,51-,52-,53-,54-,55-,56-,57-,58+,59+,60-,64+,65+,66-,67-,68-,69+/m0/s1. The average Bonchev–Trinajstić information content (AvgIpc) is 0.700. The van der Waals surface area contributed by atoms with E-state index in [0.717, 1.165) is 5.57 Å². The van der Waals surface area contributed by atoms with E-state index in [4.69, 9.17) is 66.3 Å². The van der Waals surface area contributed by atoms with Gasteiger partial charge in [-0.1, -0.05) is 39.3 Å². The fraction of sp³-hybridized carbons (Fsp3) is 0.942. The summed E-state index contributed by atoms with van der Waals surface area (Å²) in [6.45, 7) is 7.30. The van der Waals surface area contributed by atoms with E-state index >= 15 is 4.79 Å². The van der Waals surface area contributed by atoms with Gasteiger partial charge in [0.05, 0.1) is 75.4 Å². The number of ether oxygens (including phenoxy) is 14. The van der Waals surface area contributed by atoms with Crippen LogP contribution in [0.2, 0.25) is 0 Å². The van der Waals surface area contributed by atoms with Crippen molar-refractivity contribution in [1.29, 1.82) is 0 Å². The fourth-order valence-electron chi connectivity index (χ4n) is 20.2. The van der Waals surface area contributed by atoms with Crippen molar-refractivity contribution in [3.8, 4) is 0 Å². The average molecular weight is 1530 g/mol. The fourth-order valence-corrected chi connectivity index (χ4v) is 20.2. The Bertz CT molecular complexity index is 3080. The topological polar surface area (TPSA) is 588 Å². The van der Waals surface area contributed by atoms with Crippen LogP contribution in [0.4, 0.5) is 0 Å². The normalized spacial score (nSPS) is 54.6. The van der Waals surface area contributed by atoms with Crippen LogP contribution in [0.1, 0.15) is 106 Å². The molecule has 37 nitrogen and oxygen atoms in total. The SMILES string of the molecule is C[C@@H]1O[C@H](OC(=O)[C@]23CCC(C)(C)CC2C2=CCC4[C@@]5(C)C[C@H](O)[C@H](O[C@@H]6O[C@H](CO)[C@@H](O)[C@H](O)[C@H]6O)[C@@](C)(C(=O)O)[C@@H]5CC[C@@]4(C)[C@]2(CO)CC3)[C@@H](O[C@H]2O[C@H](C)[C@@H](O[C@@H]3OC[C@@H](O[C@@H]4O[C@H](CO)[C@H](O)[C@H](O)[C@H]4O)[C@H](O[C@@H]4OC[C@H](O)[C@H](O)[C@H]4O)[C@H]3O)[C@H](O[C@@H]3OC[C@](O)(CO)[C@H]3O)[C@@H]2O)[C@H](O)[C@@H]1O. The van der Waals surface area contributed by atoms with Crippen LogP contribution in [0, 0.1) is 50.2 Å². The van der Waals surface area contributed by atoms with Crippen LogP contribution in [0.5, 0.6) is 0 Å². The molecular weight excluding hydrogens is 1420 g/mol. The van der Waals surface area contributed by atoms with Crippen molar-refractivity contribution in [2.75, 3.05) is 46.2 Å². The van der Waals surface area contributed by atoms with Gasteiger partial charge in [0.2, 0.25) is 6.29 Å². The number of esters is 1. The zero-order valence-electron chi connectivity index (χ0n) is 60.0. The first-order valence-electron chi connectivity index (χ1n) is 36.7. The van der Waals surface area contributed by atoms with Crippen LogP contribution < -0.4 is 0 Å². The first kappa shape index (κ1) is 82.8. The van der Waals surface area contributed by atoms with E-state index in [1.54, 1.807) is 0 Å². The second-order valence-electron chi connectivity index (χ2n) is 33.3. The quantitative estimate of drug-likeness (QED) is 0.0324. The van der Waals surface area contributed by atoms with Crippen molar-refractivity contribution in [2.24, 2.45) is 50.2 Å². The number of aliphatic hydroxyl groups is 20. The van der Waals surface area contributed by atoms with Gasteiger partial charge in [-0.2, -0.15) is 0 Å². The van der Waals surface area contributed by atoms with Gasteiger partial charge in [-0.25, -0.2) is 0 Å². The number of fused-ring (bicyclic) bond motifs is 7. The van der Waals surface area contributed by atoms with Gasteiger partial charge in [-0.15, -0.1) is 0 Å². The third-order valence-electron chi connectivity index (χ3n) is 26.7. The molecule has 0 aromatic rings. The Balaban J connectivity index is 0.807. The Kier molecular flexibility index (Phi) is 24.2. The summed E-state index contributed by atoms with van der Waals surface area (Å²) in [7, 11) is 0. The van der Waals surface area contributed by atoms with Crippen molar-refractivity contribution in [3.05, 3.63) is 11.6 Å². The predicted octanol–water partition coefficient (Wildman–Crippen LogP) is -7.58. The number of carbonyl (C=O) groups is 2. The molecule has 0 radical (unpaired) electrons. The molecule has 106 heavy (non-hydrogen) atoms. The molecule has 12 aliphatic rings. The summed E-state index contributed by atoms with van der Waals surface area (Å²) in [6.07, 6.45) is -53.0. The van der Waals surface area contributed by atoms with Crippen molar-refractivity contribution in [3.63, 3.8) is 0 Å². The van der Waals surface area contributed by atoms with E-state index in [9.17, 15) is 112 Å². The molecular formula is C69H110O37. The smallest absolute Gasteiger partial charge is 0.315 e. The minimum atomic E-state index is -2.32. The van der Waals surface area contributed by atoms with Crippen LogP contribution in [-0.2, 0) is 75.9 Å². The molecule has 0 bridgehead atoms. The Morgan fingerprint density at radius 2 is 1.06 bits per heavy atom. The van der Waals surface area contributed by atoms with Gasteiger partial charge in [0.1, 0.15) is 134 Å². The van der Waals surface area contributed by atoms with E-state index in [1.165, 1.54) is 20.8 Å². The number of rotatable bonds is 19. The van der Waals surface area contributed by atoms with E-state index in [-0.39, 0.29) is 32.1 Å². The van der Waals surface area contributed by atoms with Crippen LogP contribution >= 0.6 is 0 Å². The number of carboxylic acids is 1. The molecule has 11 fully saturated rings. The summed E-state index contributed by atoms with van der Waals surface area (Å²) in [5.41, 5.74) is -8.00. The molecule has 7 saturated heterocycles. The lowest BCUT2D eigenvalue weighted by molar-refractivity contribution is -0.395. The molecule has 608 valence electrons. The third kappa shape index (κ3) is 13.9. The number of aliphatic carboxylic acids is 1. The predicted molar refractivity (Wildman–Crippen MR) is 345 cm³/mol. The number of hydrogen-bond acceptors (Lipinski definition) is 36. The summed E-state index contributed by atoms with van der Waals surface area (Å²) >= 11 is 0. The van der Waals surface area contributed by atoms with Crippen LogP contribution in [-0.4, -0.2) is 368 Å². The third-order valence-corrected chi connectivity index (χ3v) is 26.7. The summed E-state index contributed by atoms with van der Waals surface area (Å²) in [6, 6.07) is 0. The molecule has 0 aromatic carbocycles. The lowest BCUT2D eigenvalue weighted by atomic mass is 9.33. The zero-order valence-corrected chi connectivity index (χ0v) is 60.0. The summed E-state index contributed by atoms with van der Waals surface area (Å²) in [5, 5.41) is 233. The maximum atomic E-state index is 15.9. The highest BCUT2D eigenvalue weighted by Gasteiger charge is 2.74. The van der Waals surface area contributed by atoms with Gasteiger partial charge in [0.25, 0.3) is 0 Å². The first-order valence-corrected chi connectivity index (χ1v) is 36.7. The summed E-state index contributed by atoms with van der Waals surface area (Å²) in [4.78, 5) is 29.8. The Morgan fingerprint density at radius 1 is 0.500 bits per heavy atom. The zero-order chi connectivity index (χ0) is 77.4. The molecule has 0 spiro atoms. The maximum absolute atomic E-state index is 15.9. The molecule has 7 heterocycles. The molecule has 21 N–H and O–H groups in total. The highest BCUT2D eigenvalue weighted by molar-refractivity contribution is 5.79. The number of allylic oxidation sites excluding steroid dienone is 1. The van der Waals surface area contributed by atoms with Crippen molar-refractivity contribution in [1.82, 2.24) is 0 Å². The van der Waals surface area contributed by atoms with Gasteiger partial charge in [-0.3, -0.25) is 9.59 Å². The number of carbonyl (C=O) groups excluding carboxylic acids is 1. The molecule has 0 amide bonds. The highest BCUT2D eigenvalue weighted by atomic mass is 16.8. The molecule has 4 saturated carbocycles. The molecule has 5 aliphatic carbocycles. The Hall–Kier alpha value is -2.64. The number of aliphatic hydroxyl groups excluding tert-OH is 19. The van der Waals surface area contributed by atoms with Crippen molar-refractivity contribution < 1.29 is 183 Å². The molecule has 37 heteroatoms. The molecule has 41 atom stereocenters. The monoisotopic (exact) mass is 1530 g/mol. The van der Waals surface area contributed by atoms with Gasteiger partial charge >= 0.3 is 11.9 Å². The van der Waals surface area contributed by atoms with E-state index in [1.807, 2.05) is 13.0 Å². The Labute approximate surface area is 609 Å². The van der Waals surface area contributed by atoms with Gasteiger partial charge in [0, 0.05) is 5.41 Å². The maximum Gasteiger partial charge on any atom is 0.315 e. The van der Waals surface area contributed by atoms with E-state index in [2.05, 4.69) is 20.8 Å². The van der Waals surface area contributed by atoms with Crippen molar-refractivity contribution in [2.45, 2.75) is 308 Å². The number of hydrogen-bond donors (Lipinski definition) is 21. The second kappa shape index (κ2) is 30.9. The second-order valence-corrected chi connectivity index (χ2v) is 33.3. The summed E-state index contributed by atoms with van der Waals surface area (Å²) < 4.78 is 84.4. The van der Waals surface area contributed by atoms with Crippen LogP contribution in [0.3, 0.4) is 0 Å². The Morgan fingerprint density at radius 3 is 1.67 bits per heavy atom. The van der Waals surface area contributed by atoms with Crippen LogP contribution in [0.25, 0.3) is 0 Å². The highest BCUT2D eigenvalue weighted by Crippen LogP contribution is 2.76. The number of carboxylic acid groups (broad SMARTS) is 1. The van der Waals surface area contributed by atoms with E-state index < -0.39 is 311 Å². The minimum absolute atomic E-state index is 0.0138.